The third-order valence-corrected chi connectivity index (χ3v) is 6.17. The molecular formula is C20H21N4O3S+. The molecule has 1 aromatic heterocycles. The van der Waals surface area contributed by atoms with Crippen molar-refractivity contribution in [3.63, 3.8) is 0 Å². The Labute approximate surface area is 166 Å². The van der Waals surface area contributed by atoms with Crippen LogP contribution in [0.25, 0.3) is 10.2 Å². The van der Waals surface area contributed by atoms with Gasteiger partial charge in [0.25, 0.3) is 5.69 Å². The number of aromatic nitrogens is 1. The lowest BCUT2D eigenvalue weighted by Gasteiger charge is -2.33. The number of para-hydroxylation sites is 1. The highest BCUT2D eigenvalue weighted by Crippen LogP contribution is 2.29. The van der Waals surface area contributed by atoms with E-state index in [4.69, 9.17) is 4.98 Å². The first-order valence-corrected chi connectivity index (χ1v) is 10.1. The van der Waals surface area contributed by atoms with Gasteiger partial charge in [0.1, 0.15) is 17.2 Å². The number of thiazole rings is 1. The second-order valence-corrected chi connectivity index (χ2v) is 8.12. The molecule has 0 spiro atoms. The van der Waals surface area contributed by atoms with Crippen molar-refractivity contribution in [3.8, 4) is 0 Å². The van der Waals surface area contributed by atoms with Crippen LogP contribution in [0.2, 0.25) is 0 Å². The summed E-state index contributed by atoms with van der Waals surface area (Å²) in [5.74, 6) is -0.167. The zero-order valence-electron chi connectivity index (χ0n) is 15.6. The molecule has 7 nitrogen and oxygen atoms in total. The Bertz CT molecular complexity index is 1010. The molecule has 0 amide bonds. The minimum atomic E-state index is -0.401. The smallest absolute Gasteiger partial charge is 0.293 e. The number of nitro benzene ring substituents is 1. The molecule has 0 unspecified atom stereocenters. The second kappa shape index (κ2) is 7.65. The Morgan fingerprint density at radius 2 is 2.00 bits per heavy atom. The molecule has 1 N–H and O–H groups in total. The zero-order valence-corrected chi connectivity index (χ0v) is 16.4. The van der Waals surface area contributed by atoms with Crippen LogP contribution in [0.4, 0.5) is 11.4 Å². The molecule has 2 aromatic carbocycles. The molecule has 1 saturated heterocycles. The Hall–Kier alpha value is -2.84. The van der Waals surface area contributed by atoms with Gasteiger partial charge in [0.2, 0.25) is 0 Å². The lowest BCUT2D eigenvalue weighted by Crippen LogP contribution is -3.13. The Morgan fingerprint density at radius 1 is 1.25 bits per heavy atom. The third-order valence-electron chi connectivity index (χ3n) is 5.13. The number of fused-ring (bicyclic) bond motifs is 1. The number of nitro groups is 1. The van der Waals surface area contributed by atoms with Gasteiger partial charge in [-0.15, -0.1) is 11.3 Å². The molecule has 1 aliphatic heterocycles. The Kier molecular flexibility index (Phi) is 5.06. The molecule has 144 valence electrons. The average molecular weight is 397 g/mol. The summed E-state index contributed by atoms with van der Waals surface area (Å²) in [7, 11) is 0. The first-order chi connectivity index (χ1) is 13.5. The number of carbonyl (C=O) groups excluding carboxylic acids is 1. The maximum atomic E-state index is 11.5. The van der Waals surface area contributed by atoms with Crippen molar-refractivity contribution in [1.82, 2.24) is 4.98 Å². The predicted molar refractivity (Wildman–Crippen MR) is 109 cm³/mol. The molecule has 0 radical (unpaired) electrons. The predicted octanol–water partition coefficient (Wildman–Crippen LogP) is 2.31. The van der Waals surface area contributed by atoms with E-state index in [1.165, 1.54) is 22.6 Å². The lowest BCUT2D eigenvalue weighted by molar-refractivity contribution is -0.914. The molecular weight excluding hydrogens is 376 g/mol. The van der Waals surface area contributed by atoms with Gasteiger partial charge in [0.15, 0.2) is 5.78 Å². The number of nitrogens with one attached hydrogen (secondary N) is 1. The third kappa shape index (κ3) is 3.74. The van der Waals surface area contributed by atoms with Crippen molar-refractivity contribution in [2.45, 2.75) is 13.5 Å². The quantitative estimate of drug-likeness (QED) is 0.406. The molecule has 0 bridgehead atoms. The Morgan fingerprint density at radius 3 is 2.68 bits per heavy atom. The van der Waals surface area contributed by atoms with Crippen LogP contribution >= 0.6 is 11.3 Å². The van der Waals surface area contributed by atoms with E-state index in [9.17, 15) is 14.9 Å². The van der Waals surface area contributed by atoms with Crippen LogP contribution < -0.4 is 9.80 Å². The van der Waals surface area contributed by atoms with Gasteiger partial charge in [-0.1, -0.05) is 12.1 Å². The highest BCUT2D eigenvalue weighted by atomic mass is 32.1. The number of carbonyl (C=O) groups is 1. The Balaban J connectivity index is 1.45. The van der Waals surface area contributed by atoms with Gasteiger partial charge in [0.05, 0.1) is 41.3 Å². The van der Waals surface area contributed by atoms with Gasteiger partial charge in [-0.2, -0.15) is 0 Å². The number of hydrogen-bond acceptors (Lipinski definition) is 6. The summed E-state index contributed by atoms with van der Waals surface area (Å²) in [6, 6.07) is 12.9. The lowest BCUT2D eigenvalue weighted by atomic mass is 10.1. The van der Waals surface area contributed by atoms with Gasteiger partial charge < -0.3 is 9.80 Å². The van der Waals surface area contributed by atoms with Crippen LogP contribution in [0.5, 0.6) is 0 Å². The summed E-state index contributed by atoms with van der Waals surface area (Å²) >= 11 is 1.73. The average Bonchev–Trinajstić information content (AvgIpc) is 3.10. The summed E-state index contributed by atoms with van der Waals surface area (Å²) in [5, 5.41) is 12.6. The van der Waals surface area contributed by atoms with E-state index >= 15 is 0 Å². The normalized spacial score (nSPS) is 15.1. The van der Waals surface area contributed by atoms with Crippen LogP contribution in [0, 0.1) is 10.1 Å². The van der Waals surface area contributed by atoms with Gasteiger partial charge in [-0.25, -0.2) is 4.98 Å². The minimum absolute atomic E-state index is 0.00215. The zero-order chi connectivity index (χ0) is 19.7. The monoisotopic (exact) mass is 397 g/mol. The van der Waals surface area contributed by atoms with Crippen molar-refractivity contribution < 1.29 is 14.6 Å². The summed E-state index contributed by atoms with van der Waals surface area (Å²) < 4.78 is 1.21. The largest absolute Gasteiger partial charge is 0.355 e. The first-order valence-electron chi connectivity index (χ1n) is 9.23. The first kappa shape index (κ1) is 18.5. The molecule has 0 aliphatic carbocycles. The van der Waals surface area contributed by atoms with Crippen molar-refractivity contribution in [2.24, 2.45) is 0 Å². The summed E-state index contributed by atoms with van der Waals surface area (Å²) in [4.78, 5) is 30.8. The molecule has 3 aromatic rings. The van der Waals surface area contributed by atoms with Crippen LogP contribution in [0.15, 0.2) is 42.5 Å². The molecule has 1 fully saturated rings. The minimum Gasteiger partial charge on any atom is -0.355 e. The number of benzene rings is 2. The van der Waals surface area contributed by atoms with Crippen molar-refractivity contribution in [3.05, 3.63) is 63.1 Å². The molecule has 28 heavy (non-hydrogen) atoms. The molecule has 0 saturated carbocycles. The maximum Gasteiger partial charge on any atom is 0.293 e. The summed E-state index contributed by atoms with van der Waals surface area (Å²) in [6.07, 6.45) is 0. The topological polar surface area (TPSA) is 80.8 Å². The van der Waals surface area contributed by atoms with Gasteiger partial charge in [-0.3, -0.25) is 14.9 Å². The second-order valence-electron chi connectivity index (χ2n) is 7.01. The molecule has 1 aliphatic rings. The van der Waals surface area contributed by atoms with Crippen LogP contribution in [0.3, 0.4) is 0 Å². The number of nitrogens with zero attached hydrogens (tertiary/aromatic N) is 3. The molecule has 4 rings (SSSR count). The van der Waals surface area contributed by atoms with Crippen molar-refractivity contribution in [1.29, 1.82) is 0 Å². The number of hydrogen-bond donors (Lipinski definition) is 1. The maximum absolute atomic E-state index is 11.5. The fourth-order valence-electron chi connectivity index (χ4n) is 3.61. The van der Waals surface area contributed by atoms with E-state index in [2.05, 4.69) is 6.07 Å². The number of piperazine rings is 1. The number of Topliss-reactive ketones (excluding diaryl/α,β-unsaturated/α-hetero) is 1. The van der Waals surface area contributed by atoms with Crippen LogP contribution in [-0.2, 0) is 6.54 Å². The van der Waals surface area contributed by atoms with Gasteiger partial charge in [-0.05, 0) is 31.2 Å². The molecule has 0 atom stereocenters. The van der Waals surface area contributed by atoms with Crippen molar-refractivity contribution >= 4 is 38.7 Å². The fourth-order valence-corrected chi connectivity index (χ4v) is 4.65. The van der Waals surface area contributed by atoms with E-state index in [-0.39, 0.29) is 11.5 Å². The summed E-state index contributed by atoms with van der Waals surface area (Å²) in [5.41, 5.74) is 2.01. The van der Waals surface area contributed by atoms with E-state index in [1.54, 1.807) is 23.5 Å². The van der Waals surface area contributed by atoms with Gasteiger partial charge in [0, 0.05) is 11.6 Å². The standard InChI is InChI=1S/C20H20N4O3S/c1-14(25)15-6-7-17(18(12-15)24(26)27)23-10-8-22(9-11-23)13-20-21-16-4-2-3-5-19(16)28-20/h2-7,12H,8-11,13H2,1H3/p+1. The number of anilines is 1. The van der Waals surface area contributed by atoms with E-state index in [0.29, 0.717) is 11.3 Å². The van der Waals surface area contributed by atoms with E-state index in [1.807, 2.05) is 23.1 Å². The number of ketones is 1. The fraction of sp³-hybridized carbons (Fsp3) is 0.300. The SMILES string of the molecule is CC(=O)c1ccc(N2CC[NH+](Cc3nc4ccccc4s3)CC2)c([N+](=O)[O-])c1. The number of quaternary nitrogens is 1. The van der Waals surface area contributed by atoms with Crippen LogP contribution in [0.1, 0.15) is 22.3 Å². The molecule has 2 heterocycles. The van der Waals surface area contributed by atoms with E-state index in [0.717, 1.165) is 43.2 Å². The van der Waals surface area contributed by atoms with E-state index < -0.39 is 4.92 Å². The number of rotatable bonds is 5. The van der Waals surface area contributed by atoms with Gasteiger partial charge >= 0.3 is 0 Å². The molecule has 8 heteroatoms. The highest BCUT2D eigenvalue weighted by Gasteiger charge is 2.27. The highest BCUT2D eigenvalue weighted by molar-refractivity contribution is 7.18. The van der Waals surface area contributed by atoms with Crippen LogP contribution in [-0.4, -0.2) is 41.9 Å². The summed E-state index contributed by atoms with van der Waals surface area (Å²) in [6.45, 7) is 5.55. The van der Waals surface area contributed by atoms with Crippen molar-refractivity contribution in [2.75, 3.05) is 31.1 Å².